The molecule has 3 aromatic carbocycles. The topological polar surface area (TPSA) is 97.3 Å². The molecule has 0 unspecified atom stereocenters. The molecule has 2 N–H and O–H groups in total. The number of likely N-dealkylation sites (tertiary alicyclic amines) is 1. The lowest BCUT2D eigenvalue weighted by atomic mass is 9.97. The van der Waals surface area contributed by atoms with Gasteiger partial charge in [-0.1, -0.05) is 92.1 Å². The van der Waals surface area contributed by atoms with E-state index in [0.717, 1.165) is 59.4 Å². The van der Waals surface area contributed by atoms with Crippen LogP contribution in [0.2, 0.25) is 0 Å². The van der Waals surface area contributed by atoms with Gasteiger partial charge in [-0.2, -0.15) is 0 Å². The van der Waals surface area contributed by atoms with Gasteiger partial charge < -0.3 is 29.5 Å². The molecule has 0 spiro atoms. The first kappa shape index (κ1) is 32.8. The van der Waals surface area contributed by atoms with E-state index in [-0.39, 0.29) is 24.7 Å². The van der Waals surface area contributed by atoms with E-state index in [9.17, 15) is 14.7 Å². The van der Waals surface area contributed by atoms with Crippen molar-refractivity contribution in [3.63, 3.8) is 0 Å². The minimum atomic E-state index is -0.853. The number of aliphatic hydroxyl groups is 1. The quantitative estimate of drug-likeness (QED) is 0.262. The van der Waals surface area contributed by atoms with Gasteiger partial charge in [0.25, 0.3) is 5.91 Å². The predicted octanol–water partition coefficient (Wildman–Crippen LogP) is 6.23. The summed E-state index contributed by atoms with van der Waals surface area (Å²) in [4.78, 5) is 26.2. The van der Waals surface area contributed by atoms with E-state index in [2.05, 4.69) is 46.6 Å². The molecule has 8 nitrogen and oxygen atoms in total. The van der Waals surface area contributed by atoms with Gasteiger partial charge in [0.2, 0.25) is 0 Å². The number of nitrogens with one attached hydrogen (secondary N) is 1. The van der Waals surface area contributed by atoms with E-state index in [1.807, 2.05) is 36.4 Å². The fourth-order valence-corrected chi connectivity index (χ4v) is 6.22. The van der Waals surface area contributed by atoms with Crippen molar-refractivity contribution >= 4 is 11.9 Å². The van der Waals surface area contributed by atoms with Gasteiger partial charge in [0.1, 0.15) is 0 Å². The molecule has 5 rings (SSSR count). The van der Waals surface area contributed by atoms with Crippen molar-refractivity contribution in [2.45, 2.75) is 90.1 Å². The van der Waals surface area contributed by atoms with Crippen LogP contribution in [0.4, 0.5) is 0 Å². The second-order valence-electron chi connectivity index (χ2n) is 12.2. The summed E-state index contributed by atoms with van der Waals surface area (Å²) in [6.07, 6.45) is 5.72. The number of hydrogen-bond acceptors (Lipinski definition) is 7. The van der Waals surface area contributed by atoms with E-state index in [0.29, 0.717) is 6.54 Å². The molecule has 2 saturated heterocycles. The average molecular weight is 615 g/mol. The van der Waals surface area contributed by atoms with Crippen LogP contribution in [0.15, 0.2) is 72.8 Å². The van der Waals surface area contributed by atoms with E-state index in [1.54, 1.807) is 6.92 Å². The summed E-state index contributed by atoms with van der Waals surface area (Å²) in [7, 11) is 0. The minimum Gasteiger partial charge on any atom is -0.453 e. The zero-order chi connectivity index (χ0) is 31.6. The molecule has 0 aliphatic carbocycles. The van der Waals surface area contributed by atoms with E-state index < -0.39 is 18.4 Å². The monoisotopic (exact) mass is 614 g/mol. The summed E-state index contributed by atoms with van der Waals surface area (Å²) >= 11 is 0. The number of carbonyl (C=O) groups excluding carboxylic acids is 2. The smallest absolute Gasteiger partial charge is 0.303 e. The lowest BCUT2D eigenvalue weighted by Crippen LogP contribution is -2.40. The largest absolute Gasteiger partial charge is 0.453 e. The Hall–Kier alpha value is -3.56. The standard InChI is InChI=1S/C37H46N2O6/c1-26(43-27(2)41)36(42)38-23-32-10-6-7-11-34(32)29-16-18-31(19-17-29)37-44-33(24-39-20-8-4-3-5-9-21-39)22-35(45-37)30-14-12-28(25-40)13-15-30/h6-7,10-19,26,33,35,37,40H,3-5,8-9,20-25H2,1-2H3,(H,38,42)/t26-,33+,35-,37-/m0/s1. The number of ether oxygens (including phenoxy) is 3. The number of benzene rings is 3. The normalized spacial score (nSPS) is 21.7. The summed E-state index contributed by atoms with van der Waals surface area (Å²) in [5, 5.41) is 12.4. The highest BCUT2D eigenvalue weighted by molar-refractivity contribution is 5.83. The fraction of sp³-hybridized carbons (Fsp3) is 0.459. The third kappa shape index (κ3) is 9.23. The predicted molar refractivity (Wildman–Crippen MR) is 173 cm³/mol. The molecule has 8 heteroatoms. The van der Waals surface area contributed by atoms with Crippen LogP contribution in [-0.2, 0) is 37.0 Å². The van der Waals surface area contributed by atoms with Gasteiger partial charge in [-0.15, -0.1) is 0 Å². The highest BCUT2D eigenvalue weighted by Crippen LogP contribution is 2.39. The second kappa shape index (κ2) is 16.1. The van der Waals surface area contributed by atoms with E-state index in [4.69, 9.17) is 14.2 Å². The van der Waals surface area contributed by atoms with Crippen LogP contribution in [0.3, 0.4) is 0 Å². The van der Waals surface area contributed by atoms with Crippen molar-refractivity contribution < 1.29 is 28.9 Å². The molecule has 45 heavy (non-hydrogen) atoms. The Morgan fingerprint density at radius 3 is 2.27 bits per heavy atom. The maximum absolute atomic E-state index is 12.4. The fourth-order valence-electron chi connectivity index (χ4n) is 6.22. The highest BCUT2D eigenvalue weighted by Gasteiger charge is 2.33. The van der Waals surface area contributed by atoms with E-state index >= 15 is 0 Å². The van der Waals surface area contributed by atoms with Crippen LogP contribution in [-0.4, -0.2) is 53.7 Å². The zero-order valence-electron chi connectivity index (χ0n) is 26.5. The maximum atomic E-state index is 12.4. The number of aliphatic hydroxyl groups excluding tert-OH is 1. The Morgan fingerprint density at radius 2 is 1.58 bits per heavy atom. The SMILES string of the molecule is CC(=O)O[C@@H](C)C(=O)NCc1ccccc1-c1ccc([C@H]2O[C@@H](CN3CCCCCCC3)C[C@@H](c3ccc(CO)cc3)O2)cc1. The molecule has 4 atom stereocenters. The van der Waals surface area contributed by atoms with Gasteiger partial charge in [-0.05, 0) is 60.7 Å². The minimum absolute atomic E-state index is 0.0182. The van der Waals surface area contributed by atoms with Gasteiger partial charge in [-0.25, -0.2) is 0 Å². The van der Waals surface area contributed by atoms with Gasteiger partial charge in [0.15, 0.2) is 12.4 Å². The number of carbonyl (C=O) groups is 2. The number of esters is 1. The van der Waals surface area contributed by atoms with E-state index in [1.165, 1.54) is 39.0 Å². The van der Waals surface area contributed by atoms with Crippen LogP contribution in [0.5, 0.6) is 0 Å². The molecule has 0 aromatic heterocycles. The Morgan fingerprint density at radius 1 is 0.911 bits per heavy atom. The molecular weight excluding hydrogens is 568 g/mol. The number of amides is 1. The Balaban J connectivity index is 1.31. The van der Waals surface area contributed by atoms with Crippen LogP contribution < -0.4 is 5.32 Å². The molecule has 0 radical (unpaired) electrons. The number of hydrogen-bond donors (Lipinski definition) is 2. The van der Waals surface area contributed by atoms with Gasteiger partial charge in [-0.3, -0.25) is 9.59 Å². The number of nitrogens with zero attached hydrogens (tertiary/aromatic N) is 1. The first-order valence-electron chi connectivity index (χ1n) is 16.3. The van der Waals surface area contributed by atoms with Gasteiger partial charge in [0.05, 0.1) is 18.8 Å². The molecule has 0 saturated carbocycles. The van der Waals surface area contributed by atoms with Crippen molar-refractivity contribution in [1.29, 1.82) is 0 Å². The third-order valence-corrected chi connectivity index (χ3v) is 8.70. The lowest BCUT2D eigenvalue weighted by molar-refractivity contribution is -0.253. The Labute approximate surface area is 266 Å². The first-order chi connectivity index (χ1) is 21.9. The molecular formula is C37H46N2O6. The van der Waals surface area contributed by atoms with Crippen LogP contribution in [0.1, 0.15) is 87.0 Å². The summed E-state index contributed by atoms with van der Waals surface area (Å²) in [5.41, 5.74) is 5.91. The highest BCUT2D eigenvalue weighted by atomic mass is 16.7. The maximum Gasteiger partial charge on any atom is 0.303 e. The van der Waals surface area contributed by atoms with Gasteiger partial charge >= 0.3 is 5.97 Å². The Bertz CT molecular complexity index is 1380. The summed E-state index contributed by atoms with van der Waals surface area (Å²) in [6, 6.07) is 24.2. The van der Waals surface area contributed by atoms with Crippen molar-refractivity contribution in [3.05, 3.63) is 95.1 Å². The second-order valence-corrected chi connectivity index (χ2v) is 12.2. The molecule has 2 fully saturated rings. The summed E-state index contributed by atoms with van der Waals surface area (Å²) in [6.45, 7) is 6.29. The molecule has 3 aromatic rings. The number of rotatable bonds is 10. The molecule has 240 valence electrons. The van der Waals surface area contributed by atoms with Crippen LogP contribution in [0, 0.1) is 0 Å². The van der Waals surface area contributed by atoms with Crippen molar-refractivity contribution in [1.82, 2.24) is 10.2 Å². The zero-order valence-corrected chi connectivity index (χ0v) is 26.5. The molecule has 0 bridgehead atoms. The molecule has 2 aliphatic heterocycles. The van der Waals surface area contributed by atoms with Gasteiger partial charge in [0, 0.05) is 32.0 Å². The van der Waals surface area contributed by atoms with Crippen LogP contribution >= 0.6 is 0 Å². The third-order valence-electron chi connectivity index (χ3n) is 8.70. The first-order valence-corrected chi connectivity index (χ1v) is 16.3. The van der Waals surface area contributed by atoms with Crippen molar-refractivity contribution in [2.75, 3.05) is 19.6 Å². The molecule has 1 amide bonds. The lowest BCUT2D eigenvalue weighted by Gasteiger charge is -2.39. The molecule has 2 aliphatic rings. The van der Waals surface area contributed by atoms with Crippen molar-refractivity contribution in [3.8, 4) is 11.1 Å². The summed E-state index contributed by atoms with van der Waals surface area (Å²) in [5.74, 6) is -0.827. The van der Waals surface area contributed by atoms with Crippen molar-refractivity contribution in [2.24, 2.45) is 0 Å². The molecule has 2 heterocycles. The Kier molecular flexibility index (Phi) is 11.8. The van der Waals surface area contributed by atoms with Crippen LogP contribution in [0.25, 0.3) is 11.1 Å². The summed E-state index contributed by atoms with van der Waals surface area (Å²) < 4.78 is 18.2. The average Bonchev–Trinajstić information content (AvgIpc) is 3.04.